The zero-order valence-electron chi connectivity index (χ0n) is 12.9. The van der Waals surface area contributed by atoms with E-state index in [9.17, 15) is 4.79 Å². The molecule has 4 nitrogen and oxygen atoms in total. The second-order valence-electron chi connectivity index (χ2n) is 5.56. The van der Waals surface area contributed by atoms with E-state index >= 15 is 0 Å². The van der Waals surface area contributed by atoms with Gasteiger partial charge in [0.15, 0.2) is 0 Å². The largest absolute Gasteiger partial charge is 0.494 e. The number of unbranched alkanes of at least 4 members (excludes halogenated alkanes) is 1. The van der Waals surface area contributed by atoms with E-state index in [2.05, 4.69) is 10.8 Å². The van der Waals surface area contributed by atoms with Gasteiger partial charge in [0.25, 0.3) is 0 Å². The van der Waals surface area contributed by atoms with Gasteiger partial charge in [-0.1, -0.05) is 18.6 Å². The van der Waals surface area contributed by atoms with Crippen molar-refractivity contribution in [3.05, 3.63) is 29.3 Å². The summed E-state index contributed by atoms with van der Waals surface area (Å²) in [7, 11) is 1.43. The van der Waals surface area contributed by atoms with E-state index in [0.717, 1.165) is 31.4 Å². The first-order chi connectivity index (χ1) is 10.2. The highest BCUT2D eigenvalue weighted by Gasteiger charge is 2.32. The first-order valence-corrected chi connectivity index (χ1v) is 7.74. The highest BCUT2D eigenvalue weighted by Crippen LogP contribution is 2.41. The molecule has 1 aliphatic rings. The van der Waals surface area contributed by atoms with Crippen molar-refractivity contribution in [2.75, 3.05) is 13.7 Å². The van der Waals surface area contributed by atoms with Crippen LogP contribution < -0.4 is 10.5 Å². The second kappa shape index (κ2) is 7.46. The van der Waals surface area contributed by atoms with Crippen LogP contribution in [0.25, 0.3) is 0 Å². The van der Waals surface area contributed by atoms with Gasteiger partial charge in [-0.05, 0) is 37.8 Å². The van der Waals surface area contributed by atoms with Gasteiger partial charge in [-0.3, -0.25) is 4.79 Å². The molecule has 0 radical (unpaired) electrons. The number of methoxy groups -OCH3 is 1. The number of nitrogens with two attached hydrogens (primary N) is 1. The average molecular weight is 291 g/mol. The number of hydrogen-bond acceptors (Lipinski definition) is 4. The van der Waals surface area contributed by atoms with Crippen molar-refractivity contribution in [3.8, 4) is 5.75 Å². The third-order valence-corrected chi connectivity index (χ3v) is 4.17. The molecular weight excluding hydrogens is 266 g/mol. The number of fused-ring (bicyclic) bond motifs is 1. The Labute approximate surface area is 126 Å². The predicted octanol–water partition coefficient (Wildman–Crippen LogP) is 2.79. The van der Waals surface area contributed by atoms with Gasteiger partial charge in [0.05, 0.1) is 13.7 Å². The number of benzene rings is 1. The van der Waals surface area contributed by atoms with Crippen molar-refractivity contribution in [2.24, 2.45) is 5.73 Å². The summed E-state index contributed by atoms with van der Waals surface area (Å²) in [6, 6.07) is 6.36. The van der Waals surface area contributed by atoms with Crippen molar-refractivity contribution < 1.29 is 14.3 Å². The van der Waals surface area contributed by atoms with Crippen LogP contribution in [0.15, 0.2) is 18.2 Å². The van der Waals surface area contributed by atoms with Crippen LogP contribution in [-0.2, 0) is 16.0 Å². The molecule has 2 rings (SSSR count). The summed E-state index contributed by atoms with van der Waals surface area (Å²) in [5.74, 6) is 1.17. The quantitative estimate of drug-likeness (QED) is 0.620. The molecule has 0 saturated carbocycles. The maximum Gasteiger partial charge on any atom is 0.305 e. The van der Waals surface area contributed by atoms with E-state index in [1.807, 2.05) is 19.1 Å². The van der Waals surface area contributed by atoms with Crippen LogP contribution in [0, 0.1) is 0 Å². The Kier molecular flexibility index (Phi) is 5.62. The zero-order chi connectivity index (χ0) is 15.2. The van der Waals surface area contributed by atoms with Gasteiger partial charge in [-0.25, -0.2) is 0 Å². The van der Waals surface area contributed by atoms with Crippen molar-refractivity contribution in [1.29, 1.82) is 0 Å². The molecule has 4 heteroatoms. The zero-order valence-corrected chi connectivity index (χ0v) is 12.9. The summed E-state index contributed by atoms with van der Waals surface area (Å²) in [6.07, 6.45) is 4.22. The lowest BCUT2D eigenvalue weighted by molar-refractivity contribution is -0.140. The Morgan fingerprint density at radius 2 is 2.19 bits per heavy atom. The van der Waals surface area contributed by atoms with E-state index < -0.39 is 0 Å². The fourth-order valence-electron chi connectivity index (χ4n) is 3.17. The third-order valence-electron chi connectivity index (χ3n) is 4.17. The lowest BCUT2D eigenvalue weighted by Crippen LogP contribution is -2.25. The van der Waals surface area contributed by atoms with Crippen LogP contribution >= 0.6 is 0 Å². The average Bonchev–Trinajstić information content (AvgIpc) is 2.80. The Hall–Kier alpha value is -1.55. The Morgan fingerprint density at radius 3 is 2.90 bits per heavy atom. The Morgan fingerprint density at radius 1 is 1.38 bits per heavy atom. The fraction of sp³-hybridized carbons (Fsp3) is 0.588. The minimum absolute atomic E-state index is 0.138. The Balaban J connectivity index is 2.00. The first kappa shape index (κ1) is 15.8. The summed E-state index contributed by atoms with van der Waals surface area (Å²) >= 11 is 0. The highest BCUT2D eigenvalue weighted by molar-refractivity contribution is 5.68. The summed E-state index contributed by atoms with van der Waals surface area (Å²) in [4.78, 5) is 11.1. The summed E-state index contributed by atoms with van der Waals surface area (Å²) in [5.41, 5.74) is 8.91. The van der Waals surface area contributed by atoms with Crippen molar-refractivity contribution in [3.63, 3.8) is 0 Å². The lowest BCUT2D eigenvalue weighted by atomic mass is 9.92. The maximum absolute atomic E-state index is 11.1. The van der Waals surface area contributed by atoms with Crippen LogP contribution in [0.4, 0.5) is 0 Å². The SMILES string of the molecule is CCOc1cccc2c1C(CCCCC(=O)OC)C(N)C2. The first-order valence-electron chi connectivity index (χ1n) is 7.74. The van der Waals surface area contributed by atoms with E-state index in [-0.39, 0.29) is 12.0 Å². The molecule has 21 heavy (non-hydrogen) atoms. The van der Waals surface area contributed by atoms with Crippen molar-refractivity contribution in [2.45, 2.75) is 51.0 Å². The van der Waals surface area contributed by atoms with E-state index in [1.54, 1.807) is 0 Å². The Bertz CT molecular complexity index is 487. The fourth-order valence-corrected chi connectivity index (χ4v) is 3.17. The number of ether oxygens (including phenoxy) is 2. The molecule has 0 bridgehead atoms. The van der Waals surface area contributed by atoms with Crippen molar-refractivity contribution >= 4 is 5.97 Å². The monoisotopic (exact) mass is 291 g/mol. The minimum atomic E-state index is -0.138. The molecule has 0 amide bonds. The standard InChI is InChI=1S/C17H25NO3/c1-3-21-15-9-6-7-12-11-14(18)13(17(12)15)8-4-5-10-16(19)20-2/h6-7,9,13-14H,3-5,8,10-11,18H2,1-2H3. The molecular formula is C17H25NO3. The second-order valence-corrected chi connectivity index (χ2v) is 5.56. The highest BCUT2D eigenvalue weighted by atomic mass is 16.5. The van der Waals surface area contributed by atoms with Gasteiger partial charge in [0, 0.05) is 23.9 Å². The van der Waals surface area contributed by atoms with Crippen LogP contribution in [-0.4, -0.2) is 25.7 Å². The number of hydrogen-bond donors (Lipinski definition) is 1. The predicted molar refractivity (Wildman–Crippen MR) is 82.5 cm³/mol. The van der Waals surface area contributed by atoms with Crippen LogP contribution in [0.1, 0.15) is 49.7 Å². The topological polar surface area (TPSA) is 61.5 Å². The molecule has 0 aliphatic heterocycles. The molecule has 0 heterocycles. The molecule has 1 aliphatic carbocycles. The molecule has 0 spiro atoms. The van der Waals surface area contributed by atoms with Gasteiger partial charge in [0.2, 0.25) is 0 Å². The molecule has 0 fully saturated rings. The van der Waals surface area contributed by atoms with Crippen LogP contribution in [0.5, 0.6) is 5.75 Å². The number of carbonyl (C=O) groups excluding carboxylic acids is 1. The molecule has 0 saturated heterocycles. The molecule has 2 unspecified atom stereocenters. The van der Waals surface area contributed by atoms with Crippen LogP contribution in [0.3, 0.4) is 0 Å². The van der Waals surface area contributed by atoms with Gasteiger partial charge < -0.3 is 15.2 Å². The number of carbonyl (C=O) groups is 1. The third kappa shape index (κ3) is 3.76. The number of rotatable bonds is 7. The summed E-state index contributed by atoms with van der Waals surface area (Å²) in [5, 5.41) is 0. The van der Waals surface area contributed by atoms with Crippen LogP contribution in [0.2, 0.25) is 0 Å². The lowest BCUT2D eigenvalue weighted by Gasteiger charge is -2.19. The molecule has 1 aromatic carbocycles. The number of esters is 1. The van der Waals surface area contributed by atoms with Crippen molar-refractivity contribution in [1.82, 2.24) is 0 Å². The van der Waals surface area contributed by atoms with E-state index in [1.165, 1.54) is 18.2 Å². The van der Waals surface area contributed by atoms with Gasteiger partial charge in [0.1, 0.15) is 5.75 Å². The van der Waals surface area contributed by atoms with E-state index in [0.29, 0.717) is 18.9 Å². The van der Waals surface area contributed by atoms with E-state index in [4.69, 9.17) is 10.5 Å². The smallest absolute Gasteiger partial charge is 0.305 e. The molecule has 2 atom stereocenters. The van der Waals surface area contributed by atoms with Gasteiger partial charge in [-0.15, -0.1) is 0 Å². The minimum Gasteiger partial charge on any atom is -0.494 e. The maximum atomic E-state index is 11.1. The summed E-state index contributed by atoms with van der Waals surface area (Å²) < 4.78 is 10.4. The molecule has 0 aromatic heterocycles. The summed E-state index contributed by atoms with van der Waals surface area (Å²) in [6.45, 7) is 2.67. The van der Waals surface area contributed by atoms with Gasteiger partial charge in [-0.2, -0.15) is 0 Å². The molecule has 2 N–H and O–H groups in total. The molecule has 116 valence electrons. The van der Waals surface area contributed by atoms with Gasteiger partial charge >= 0.3 is 5.97 Å². The normalized spacial score (nSPS) is 20.1. The molecule has 1 aromatic rings.